The molecule has 1 aliphatic heterocycles. The lowest BCUT2D eigenvalue weighted by atomic mass is 10.0. The van der Waals surface area contributed by atoms with E-state index in [0.717, 1.165) is 13.0 Å². The Balaban J connectivity index is 1.98. The van der Waals surface area contributed by atoms with Gasteiger partial charge in [-0.3, -0.25) is 0 Å². The zero-order valence-electron chi connectivity index (χ0n) is 11.1. The summed E-state index contributed by atoms with van der Waals surface area (Å²) in [5, 5.41) is 5.81. The van der Waals surface area contributed by atoms with Crippen LogP contribution in [0.3, 0.4) is 0 Å². The molecule has 0 radical (unpaired) electrons. The fourth-order valence-corrected chi connectivity index (χ4v) is 4.04. The molecule has 1 fully saturated rings. The van der Waals surface area contributed by atoms with Crippen LogP contribution in [0.15, 0.2) is 15.9 Å². The predicted octanol–water partition coefficient (Wildman–Crippen LogP) is 3.99. The van der Waals surface area contributed by atoms with Gasteiger partial charge in [-0.15, -0.1) is 11.3 Å². The van der Waals surface area contributed by atoms with E-state index < -0.39 is 0 Å². The van der Waals surface area contributed by atoms with Gasteiger partial charge in [-0.25, -0.2) is 0 Å². The van der Waals surface area contributed by atoms with E-state index in [-0.39, 0.29) is 0 Å². The van der Waals surface area contributed by atoms with Crippen molar-refractivity contribution in [2.45, 2.75) is 57.8 Å². The highest BCUT2D eigenvalue weighted by Gasteiger charge is 2.29. The lowest BCUT2D eigenvalue weighted by Crippen LogP contribution is -2.41. The molecule has 4 heteroatoms. The van der Waals surface area contributed by atoms with Gasteiger partial charge in [-0.05, 0) is 60.1 Å². The molecule has 0 spiro atoms. The van der Waals surface area contributed by atoms with Crippen LogP contribution in [0.5, 0.6) is 0 Å². The summed E-state index contributed by atoms with van der Waals surface area (Å²) in [6, 6.07) is 2.58. The molecule has 1 saturated heterocycles. The molecule has 18 heavy (non-hydrogen) atoms. The van der Waals surface area contributed by atoms with E-state index in [1.165, 1.54) is 28.6 Å². The molecule has 0 saturated carbocycles. The Morgan fingerprint density at radius 2 is 2.39 bits per heavy atom. The SMILES string of the molecule is CCCNC(Cc1sccc1Br)C1CCC(C)O1. The van der Waals surface area contributed by atoms with Gasteiger partial charge in [0.2, 0.25) is 0 Å². The molecule has 3 atom stereocenters. The van der Waals surface area contributed by atoms with Gasteiger partial charge in [-0.2, -0.15) is 0 Å². The molecule has 0 aromatic carbocycles. The number of halogens is 1. The quantitative estimate of drug-likeness (QED) is 0.850. The monoisotopic (exact) mass is 331 g/mol. The summed E-state index contributed by atoms with van der Waals surface area (Å²) < 4.78 is 7.27. The van der Waals surface area contributed by atoms with Gasteiger partial charge >= 0.3 is 0 Å². The van der Waals surface area contributed by atoms with Crippen LogP contribution < -0.4 is 5.32 Å². The molecule has 1 aromatic rings. The number of hydrogen-bond donors (Lipinski definition) is 1. The van der Waals surface area contributed by atoms with Gasteiger partial charge in [0.1, 0.15) is 0 Å². The van der Waals surface area contributed by atoms with Crippen LogP contribution in [-0.2, 0) is 11.2 Å². The van der Waals surface area contributed by atoms with E-state index in [1.807, 2.05) is 11.3 Å². The van der Waals surface area contributed by atoms with Crippen LogP contribution in [0.2, 0.25) is 0 Å². The Morgan fingerprint density at radius 1 is 1.56 bits per heavy atom. The van der Waals surface area contributed by atoms with E-state index in [4.69, 9.17) is 4.74 Å². The highest BCUT2D eigenvalue weighted by Crippen LogP contribution is 2.28. The fraction of sp³-hybridized carbons (Fsp3) is 0.714. The molecule has 2 nitrogen and oxygen atoms in total. The first-order valence-corrected chi connectivity index (χ1v) is 8.48. The van der Waals surface area contributed by atoms with Crippen molar-refractivity contribution in [3.8, 4) is 0 Å². The third-order valence-electron chi connectivity index (χ3n) is 3.47. The zero-order chi connectivity index (χ0) is 13.0. The lowest BCUT2D eigenvalue weighted by Gasteiger charge is -2.24. The Labute approximate surface area is 122 Å². The number of hydrogen-bond acceptors (Lipinski definition) is 3. The van der Waals surface area contributed by atoms with Crippen LogP contribution in [-0.4, -0.2) is 24.8 Å². The summed E-state index contributed by atoms with van der Waals surface area (Å²) in [5.41, 5.74) is 0. The summed E-state index contributed by atoms with van der Waals surface area (Å²) in [6.07, 6.45) is 5.42. The minimum Gasteiger partial charge on any atom is -0.374 e. The molecule has 1 N–H and O–H groups in total. The molecule has 0 aliphatic carbocycles. The van der Waals surface area contributed by atoms with E-state index in [1.54, 1.807) is 0 Å². The molecular weight excluding hydrogens is 310 g/mol. The molecule has 0 amide bonds. The average molecular weight is 332 g/mol. The molecular formula is C14H22BrNOS. The van der Waals surface area contributed by atoms with Crippen molar-refractivity contribution < 1.29 is 4.74 Å². The smallest absolute Gasteiger partial charge is 0.0736 e. The lowest BCUT2D eigenvalue weighted by molar-refractivity contribution is 0.0322. The zero-order valence-corrected chi connectivity index (χ0v) is 13.5. The Kier molecular flexibility index (Phi) is 5.67. The molecule has 1 aromatic heterocycles. The number of nitrogens with one attached hydrogen (secondary N) is 1. The van der Waals surface area contributed by atoms with E-state index in [2.05, 4.69) is 46.5 Å². The molecule has 1 aliphatic rings. The predicted molar refractivity (Wildman–Crippen MR) is 81.4 cm³/mol. The second kappa shape index (κ2) is 7.04. The maximum absolute atomic E-state index is 6.04. The molecule has 102 valence electrons. The highest BCUT2D eigenvalue weighted by molar-refractivity contribution is 9.10. The number of thiophene rings is 1. The van der Waals surface area contributed by atoms with E-state index in [9.17, 15) is 0 Å². The largest absolute Gasteiger partial charge is 0.374 e. The first-order valence-electron chi connectivity index (χ1n) is 6.81. The van der Waals surface area contributed by atoms with E-state index in [0.29, 0.717) is 18.2 Å². The standard InChI is InChI=1S/C14H22BrNOS/c1-3-7-16-12(13-5-4-10(2)17-13)9-14-11(15)6-8-18-14/h6,8,10,12-13,16H,3-5,7,9H2,1-2H3. The molecule has 2 heterocycles. The highest BCUT2D eigenvalue weighted by atomic mass is 79.9. The minimum atomic E-state index is 0.376. The summed E-state index contributed by atoms with van der Waals surface area (Å²) >= 11 is 5.45. The van der Waals surface area contributed by atoms with Crippen molar-refractivity contribution in [1.29, 1.82) is 0 Å². The van der Waals surface area contributed by atoms with Crippen molar-refractivity contribution in [3.63, 3.8) is 0 Å². The maximum atomic E-state index is 6.04. The first kappa shape index (κ1) is 14.5. The second-order valence-corrected chi connectivity index (χ2v) is 6.87. The minimum absolute atomic E-state index is 0.376. The van der Waals surface area contributed by atoms with Crippen LogP contribution in [0.25, 0.3) is 0 Å². The number of ether oxygens (including phenoxy) is 1. The van der Waals surface area contributed by atoms with Gasteiger partial charge in [-0.1, -0.05) is 6.92 Å². The van der Waals surface area contributed by atoms with Crippen LogP contribution in [0.1, 0.15) is 38.0 Å². The molecule has 3 unspecified atom stereocenters. The van der Waals surface area contributed by atoms with Crippen molar-refractivity contribution in [2.75, 3.05) is 6.54 Å². The Bertz CT molecular complexity index is 368. The Hall–Kier alpha value is 0.1000. The maximum Gasteiger partial charge on any atom is 0.0736 e. The van der Waals surface area contributed by atoms with Crippen LogP contribution in [0, 0.1) is 0 Å². The van der Waals surface area contributed by atoms with Crippen molar-refractivity contribution in [3.05, 3.63) is 20.8 Å². The third-order valence-corrected chi connectivity index (χ3v) is 5.42. The summed E-state index contributed by atoms with van der Waals surface area (Å²) in [4.78, 5) is 1.42. The van der Waals surface area contributed by atoms with Crippen molar-refractivity contribution in [1.82, 2.24) is 5.32 Å². The second-order valence-electron chi connectivity index (χ2n) is 5.02. The molecule has 0 bridgehead atoms. The van der Waals surface area contributed by atoms with Crippen LogP contribution in [0.4, 0.5) is 0 Å². The summed E-state index contributed by atoms with van der Waals surface area (Å²) in [7, 11) is 0. The number of rotatable bonds is 6. The summed E-state index contributed by atoms with van der Waals surface area (Å²) in [5.74, 6) is 0. The van der Waals surface area contributed by atoms with Gasteiger partial charge in [0.15, 0.2) is 0 Å². The van der Waals surface area contributed by atoms with Crippen molar-refractivity contribution >= 4 is 27.3 Å². The average Bonchev–Trinajstić information content (AvgIpc) is 2.94. The first-order chi connectivity index (χ1) is 8.70. The molecule has 2 rings (SSSR count). The van der Waals surface area contributed by atoms with Crippen LogP contribution >= 0.6 is 27.3 Å². The van der Waals surface area contributed by atoms with Gasteiger partial charge in [0.25, 0.3) is 0 Å². The normalized spacial score (nSPS) is 25.5. The van der Waals surface area contributed by atoms with Gasteiger partial charge in [0.05, 0.1) is 12.2 Å². The summed E-state index contributed by atoms with van der Waals surface area (Å²) in [6.45, 7) is 5.46. The van der Waals surface area contributed by atoms with Gasteiger partial charge in [0, 0.05) is 21.8 Å². The van der Waals surface area contributed by atoms with Crippen molar-refractivity contribution in [2.24, 2.45) is 0 Å². The third kappa shape index (κ3) is 3.80. The van der Waals surface area contributed by atoms with E-state index >= 15 is 0 Å². The topological polar surface area (TPSA) is 21.3 Å². The Morgan fingerprint density at radius 3 is 2.94 bits per heavy atom. The van der Waals surface area contributed by atoms with Gasteiger partial charge < -0.3 is 10.1 Å². The fourth-order valence-electron chi connectivity index (χ4n) is 2.46.